The van der Waals surface area contributed by atoms with E-state index in [-0.39, 0.29) is 41.6 Å². The minimum absolute atomic E-state index is 0.0310. The summed E-state index contributed by atoms with van der Waals surface area (Å²) in [5.41, 5.74) is 4.65. The Labute approximate surface area is 334 Å². The summed E-state index contributed by atoms with van der Waals surface area (Å²) < 4.78 is 61.8. The molecule has 2 amide bonds. The normalized spacial score (nSPS) is 21.3. The second-order valence-corrected chi connectivity index (χ2v) is 18.2. The number of aliphatic carboxylic acids is 1. The number of aliphatic hydroxyl groups excluding tert-OH is 2. The van der Waals surface area contributed by atoms with Gasteiger partial charge >= 0.3 is 29.4 Å². The van der Waals surface area contributed by atoms with E-state index >= 15 is 0 Å². The molecule has 7 atom stereocenters. The first-order valence-electron chi connectivity index (χ1n) is 16.6. The molecule has 11 N–H and O–H groups in total. The van der Waals surface area contributed by atoms with Crippen LogP contribution < -0.4 is 16.4 Å². The van der Waals surface area contributed by atoms with Gasteiger partial charge in [-0.2, -0.15) is 4.31 Å². The van der Waals surface area contributed by atoms with Crippen LogP contribution in [0.25, 0.3) is 11.2 Å². The highest BCUT2D eigenvalue weighted by molar-refractivity contribution is 8.13. The van der Waals surface area contributed by atoms with Gasteiger partial charge in [-0.3, -0.25) is 32.5 Å². The lowest BCUT2D eigenvalue weighted by Crippen LogP contribution is -2.46. The first-order valence-corrected chi connectivity index (χ1v) is 22.1. The molecule has 1 aliphatic heterocycles. The number of phosphoric ester groups is 3. The number of carboxylic acid groups (broad SMARTS) is 1. The van der Waals surface area contributed by atoms with Gasteiger partial charge in [0, 0.05) is 43.2 Å². The molecule has 0 aromatic carbocycles. The van der Waals surface area contributed by atoms with Crippen molar-refractivity contribution in [1.82, 2.24) is 30.2 Å². The van der Waals surface area contributed by atoms with Gasteiger partial charge in [-0.05, 0) is 13.8 Å². The Hall–Kier alpha value is -3.23. The minimum Gasteiger partial charge on any atom is -0.478 e. The molecule has 58 heavy (non-hydrogen) atoms. The number of aliphatic hydroxyl groups is 2. The number of anilines is 1. The van der Waals surface area contributed by atoms with Crippen LogP contribution in [0.3, 0.4) is 0 Å². The van der Waals surface area contributed by atoms with Crippen LogP contribution in [-0.4, -0.2) is 134 Å². The number of thioether (sulfide) groups is 1. The molecule has 2 unspecified atom stereocenters. The number of hydrogen-bond acceptors (Lipinski definition) is 19. The maximum Gasteiger partial charge on any atom is 0.481 e. The number of rotatable bonds is 20. The van der Waals surface area contributed by atoms with Crippen molar-refractivity contribution in [2.75, 3.05) is 37.8 Å². The molecule has 0 saturated carbocycles. The highest BCUT2D eigenvalue weighted by Gasteiger charge is 2.50. The lowest BCUT2D eigenvalue weighted by Gasteiger charge is -2.30. The van der Waals surface area contributed by atoms with E-state index < -0.39 is 90.5 Å². The van der Waals surface area contributed by atoms with E-state index in [1.165, 1.54) is 20.8 Å². The van der Waals surface area contributed by atoms with Crippen molar-refractivity contribution >= 4 is 75.1 Å². The molecule has 0 aliphatic carbocycles. The van der Waals surface area contributed by atoms with Crippen LogP contribution in [0.1, 0.15) is 47.3 Å². The Kier molecular flexibility index (Phi) is 19.2. The topological polar surface area (TPSA) is 401 Å². The minimum atomic E-state index is -5.56. The van der Waals surface area contributed by atoms with Crippen LogP contribution in [0.2, 0.25) is 0 Å². The van der Waals surface area contributed by atoms with E-state index in [1.807, 2.05) is 0 Å². The number of hydrogen-bond donors (Lipinski definition) is 10. The number of amides is 2. The molecule has 2 aromatic heterocycles. The third-order valence-corrected chi connectivity index (χ3v) is 11.5. The number of ether oxygens (including phenoxy) is 1. The van der Waals surface area contributed by atoms with Crippen molar-refractivity contribution in [3.8, 4) is 0 Å². The quantitative estimate of drug-likeness (QED) is 0.0464. The summed E-state index contributed by atoms with van der Waals surface area (Å²) in [6.07, 6.45) is -5.32. The Morgan fingerprint density at radius 1 is 1.05 bits per heavy atom. The van der Waals surface area contributed by atoms with E-state index in [0.717, 1.165) is 29.0 Å². The van der Waals surface area contributed by atoms with Crippen molar-refractivity contribution in [3.63, 3.8) is 0 Å². The number of nitrogens with two attached hydrogens (primary N) is 1. The lowest BCUT2D eigenvalue weighted by molar-refractivity contribution is -0.137. The summed E-state index contributed by atoms with van der Waals surface area (Å²) in [6.45, 7) is 5.16. The van der Waals surface area contributed by atoms with Gasteiger partial charge in [0.2, 0.25) is 11.8 Å². The van der Waals surface area contributed by atoms with Gasteiger partial charge in [-0.1, -0.05) is 31.7 Å². The number of carbonyl (C=O) groups is 4. The van der Waals surface area contributed by atoms with E-state index in [1.54, 1.807) is 19.9 Å². The summed E-state index contributed by atoms with van der Waals surface area (Å²) in [5.74, 6) is -1.93. The van der Waals surface area contributed by atoms with Crippen LogP contribution in [0.15, 0.2) is 24.3 Å². The molecule has 1 aliphatic rings. The first kappa shape index (κ1) is 50.9. The van der Waals surface area contributed by atoms with E-state index in [4.69, 9.17) is 24.6 Å². The zero-order chi connectivity index (χ0) is 44.2. The second-order valence-electron chi connectivity index (χ2n) is 12.7. The fourth-order valence-electron chi connectivity index (χ4n) is 4.45. The third-order valence-electron chi connectivity index (χ3n) is 7.58. The Balaban J connectivity index is 0.00000151. The zero-order valence-electron chi connectivity index (χ0n) is 31.5. The molecular formula is C28H46N7O19P3S. The van der Waals surface area contributed by atoms with Gasteiger partial charge in [0.15, 0.2) is 22.8 Å². The summed E-state index contributed by atoms with van der Waals surface area (Å²) in [5, 5.41) is 34.2. The third kappa shape index (κ3) is 16.4. The van der Waals surface area contributed by atoms with Crippen LogP contribution in [0, 0.1) is 5.41 Å². The van der Waals surface area contributed by atoms with Crippen molar-refractivity contribution in [1.29, 1.82) is 0 Å². The largest absolute Gasteiger partial charge is 0.481 e. The molecule has 3 rings (SSSR count). The number of carboxylic acids is 1. The number of nitrogens with one attached hydrogen (secondary N) is 2. The predicted octanol–water partition coefficient (Wildman–Crippen LogP) is -0.278. The Morgan fingerprint density at radius 2 is 1.69 bits per heavy atom. The number of phosphoric acid groups is 3. The first-order chi connectivity index (χ1) is 26.7. The monoisotopic (exact) mass is 909 g/mol. The van der Waals surface area contributed by atoms with Crippen molar-refractivity contribution in [2.24, 2.45) is 5.41 Å². The summed E-state index contributed by atoms with van der Waals surface area (Å²) in [6, 6.07) is 0. The molecule has 1 saturated heterocycles. The Morgan fingerprint density at radius 3 is 2.26 bits per heavy atom. The van der Waals surface area contributed by atoms with Crippen molar-refractivity contribution in [3.05, 3.63) is 24.3 Å². The standard InChI is InChI=1S/C23H38N7O17P3S.C5H8O2/c1-12(31)51-7-6-25-14(32)4-5-26-21(35)18(34)23(2,3)9-44-50(41,42)47-49(39,40)43-8-13-17(46-48(36,37)38)16(33)22(45-13)30-11-29-15-19(24)27-10-28-20(15)30;1-3-4(2)5(6)7/h10-11,13,16-18,22,33-34H,4-9H2,1-3H3,(H,25,32)(H,26,35)(H,39,40)(H,41,42)(H2,24,27,28)(H2,36,37,38);3H,1-2H3,(H,6,7)/t13-,16-,17-,18+,22-;/m1./s1. The number of nitrogen functional groups attached to an aromatic ring is 1. The molecule has 0 radical (unpaired) electrons. The number of allylic oxidation sites excluding steroid dienone is 1. The van der Waals surface area contributed by atoms with Crippen molar-refractivity contribution in [2.45, 2.75) is 71.7 Å². The van der Waals surface area contributed by atoms with Crippen LogP contribution in [0.4, 0.5) is 5.82 Å². The van der Waals surface area contributed by atoms with Gasteiger partial charge in [0.25, 0.3) is 0 Å². The number of aromatic nitrogens is 4. The van der Waals surface area contributed by atoms with Gasteiger partial charge in [0.05, 0.1) is 19.5 Å². The molecule has 1 fully saturated rings. The fraction of sp³-hybridized carbons (Fsp3) is 0.607. The number of fused-ring (bicyclic) bond motifs is 1. The molecule has 0 bridgehead atoms. The summed E-state index contributed by atoms with van der Waals surface area (Å²) >= 11 is 1.03. The van der Waals surface area contributed by atoms with Gasteiger partial charge in [-0.25, -0.2) is 33.4 Å². The molecule has 30 heteroatoms. The fourth-order valence-corrected chi connectivity index (χ4v) is 7.77. The number of carbonyl (C=O) groups excluding carboxylic acids is 3. The van der Waals surface area contributed by atoms with Gasteiger partial charge < -0.3 is 56.0 Å². The smallest absolute Gasteiger partial charge is 0.478 e. The average molecular weight is 910 g/mol. The van der Waals surface area contributed by atoms with Crippen LogP contribution in [0.5, 0.6) is 0 Å². The number of imidazole rings is 1. The summed E-state index contributed by atoms with van der Waals surface area (Å²) in [7, 11) is -16.4. The molecule has 328 valence electrons. The van der Waals surface area contributed by atoms with E-state index in [2.05, 4.69) is 34.4 Å². The maximum atomic E-state index is 12.6. The summed E-state index contributed by atoms with van der Waals surface area (Å²) in [4.78, 5) is 95.8. The predicted molar refractivity (Wildman–Crippen MR) is 200 cm³/mol. The maximum absolute atomic E-state index is 12.6. The highest BCUT2D eigenvalue weighted by atomic mass is 32.2. The average Bonchev–Trinajstić information content (AvgIpc) is 3.67. The second kappa shape index (κ2) is 21.9. The van der Waals surface area contributed by atoms with Crippen molar-refractivity contribution < 1.29 is 90.4 Å². The van der Waals surface area contributed by atoms with E-state index in [0.29, 0.717) is 11.3 Å². The molecule has 3 heterocycles. The molecule has 0 spiro atoms. The SMILES string of the molecule is CC(=O)SCCNC(=O)CCNC(=O)[C@H](O)C(C)(C)COP(=O)(O)OP(=O)(O)OC[C@H]1O[C@@H](n2cnc3c(N)ncnc32)[C@H](O)[C@@H]1OP(=O)(O)O.CC=C(C)C(=O)O. The van der Waals surface area contributed by atoms with Gasteiger partial charge in [-0.15, -0.1) is 0 Å². The van der Waals surface area contributed by atoms with Gasteiger partial charge in [0.1, 0.15) is 36.3 Å². The van der Waals surface area contributed by atoms with E-state index in [9.17, 15) is 62.7 Å². The molecule has 26 nitrogen and oxygen atoms in total. The number of nitrogens with zero attached hydrogens (tertiary/aromatic N) is 4. The van der Waals surface area contributed by atoms with Crippen LogP contribution in [-0.2, 0) is 55.5 Å². The zero-order valence-corrected chi connectivity index (χ0v) is 35.0. The lowest BCUT2D eigenvalue weighted by atomic mass is 9.87. The van der Waals surface area contributed by atoms with Crippen LogP contribution >= 0.6 is 35.2 Å². The molecular weight excluding hydrogens is 863 g/mol. The molecule has 2 aromatic rings. The Bertz CT molecular complexity index is 1950. The highest BCUT2D eigenvalue weighted by Crippen LogP contribution is 2.61.